The fourth-order valence-corrected chi connectivity index (χ4v) is 5.53. The third kappa shape index (κ3) is 5.02. The van der Waals surface area contributed by atoms with Crippen LogP contribution in [-0.2, 0) is 23.6 Å². The van der Waals surface area contributed by atoms with Crippen molar-refractivity contribution in [1.29, 1.82) is 0 Å². The normalized spacial score (nSPS) is 11.9. The van der Waals surface area contributed by atoms with Crippen LogP contribution in [-0.4, -0.2) is 51.7 Å². The van der Waals surface area contributed by atoms with Gasteiger partial charge >= 0.3 is 0 Å². The molecule has 0 unspecified atom stereocenters. The molecule has 5 rings (SSSR count). The minimum Gasteiger partial charge on any atom is -0.492 e. The number of anilines is 1. The molecule has 3 heterocycles. The van der Waals surface area contributed by atoms with Gasteiger partial charge in [0.1, 0.15) is 17.9 Å². The molecule has 0 atom stereocenters. The molecule has 3 N–H and O–H groups in total. The number of benzene rings is 2. The second-order valence-electron chi connectivity index (χ2n) is 8.96. The van der Waals surface area contributed by atoms with E-state index in [9.17, 15) is 13.5 Å². The molecule has 0 aliphatic rings. The first-order valence-corrected chi connectivity index (χ1v) is 14.0. The largest absolute Gasteiger partial charge is 0.492 e. The lowest BCUT2D eigenvalue weighted by atomic mass is 10.0. The Morgan fingerprint density at radius 3 is 2.71 bits per heavy atom. The second kappa shape index (κ2) is 10.2. The van der Waals surface area contributed by atoms with Crippen LogP contribution in [0.5, 0.6) is 11.6 Å². The highest BCUT2D eigenvalue weighted by Crippen LogP contribution is 2.38. The van der Waals surface area contributed by atoms with E-state index in [1.165, 1.54) is 0 Å². The smallest absolute Gasteiger partial charge is 0.236 e. The number of halogens is 1. The molecule has 0 bridgehead atoms. The number of nitrogens with zero attached hydrogens (tertiary/aromatic N) is 3. The highest BCUT2D eigenvalue weighted by atomic mass is 35.5. The van der Waals surface area contributed by atoms with Gasteiger partial charge in [-0.25, -0.2) is 13.4 Å². The maximum atomic E-state index is 12.6. The monoisotopic (exact) mass is 554 g/mol. The van der Waals surface area contributed by atoms with Gasteiger partial charge in [-0.3, -0.25) is 4.72 Å². The molecule has 0 amide bonds. The lowest BCUT2D eigenvalue weighted by Gasteiger charge is -2.13. The number of ether oxygens (including phenoxy) is 1. The zero-order valence-corrected chi connectivity index (χ0v) is 22.4. The number of aliphatic hydroxyl groups excluding tert-OH is 1. The molecular formula is C27H27ClN4O5S. The van der Waals surface area contributed by atoms with Crippen LogP contribution in [0.2, 0.25) is 5.02 Å². The van der Waals surface area contributed by atoms with Crippen LogP contribution >= 0.6 is 11.6 Å². The molecule has 0 fully saturated rings. The molecule has 0 spiro atoms. The highest BCUT2D eigenvalue weighted by Gasteiger charge is 2.18. The fourth-order valence-electron chi connectivity index (χ4n) is 4.63. The molecule has 0 aliphatic heterocycles. The average molecular weight is 555 g/mol. The Labute approximate surface area is 224 Å². The van der Waals surface area contributed by atoms with Crippen LogP contribution in [0.15, 0.2) is 61.1 Å². The summed E-state index contributed by atoms with van der Waals surface area (Å²) < 4.78 is 37.2. The molecule has 0 saturated heterocycles. The van der Waals surface area contributed by atoms with E-state index in [2.05, 4.69) is 9.71 Å². The van der Waals surface area contributed by atoms with Crippen molar-refractivity contribution in [2.75, 3.05) is 23.7 Å². The Balaban J connectivity index is 1.67. The Kier molecular flexibility index (Phi) is 6.95. The van der Waals surface area contributed by atoms with E-state index >= 15 is 0 Å². The van der Waals surface area contributed by atoms with Gasteiger partial charge in [0.15, 0.2) is 0 Å². The van der Waals surface area contributed by atoms with Crippen molar-refractivity contribution in [1.82, 2.24) is 14.1 Å². The number of fused-ring (bicyclic) bond motifs is 2. The molecule has 0 aliphatic carbocycles. The van der Waals surface area contributed by atoms with Gasteiger partial charge in [-0.2, -0.15) is 0 Å². The molecule has 0 radical (unpaired) electrons. The van der Waals surface area contributed by atoms with E-state index in [4.69, 9.17) is 21.4 Å². The summed E-state index contributed by atoms with van der Waals surface area (Å²) in [6.45, 7) is 2.09. The number of aromatic hydroxyl groups is 1. The predicted octanol–water partition coefficient (Wildman–Crippen LogP) is 4.74. The molecule has 38 heavy (non-hydrogen) atoms. The molecule has 9 nitrogen and oxygen atoms in total. The van der Waals surface area contributed by atoms with Crippen molar-refractivity contribution < 1.29 is 23.4 Å². The molecule has 198 valence electrons. The lowest BCUT2D eigenvalue weighted by molar-refractivity contribution is 0.201. The van der Waals surface area contributed by atoms with Gasteiger partial charge in [0.25, 0.3) is 0 Å². The van der Waals surface area contributed by atoms with E-state index in [0.29, 0.717) is 28.5 Å². The van der Waals surface area contributed by atoms with E-state index < -0.39 is 10.0 Å². The van der Waals surface area contributed by atoms with Crippen molar-refractivity contribution in [2.45, 2.75) is 13.5 Å². The van der Waals surface area contributed by atoms with E-state index in [0.717, 1.165) is 33.0 Å². The van der Waals surface area contributed by atoms with Crippen LogP contribution in [0, 0.1) is 0 Å². The number of hydrogen-bond acceptors (Lipinski definition) is 6. The van der Waals surface area contributed by atoms with Gasteiger partial charge in [-0.1, -0.05) is 11.6 Å². The van der Waals surface area contributed by atoms with Crippen molar-refractivity contribution in [3.63, 3.8) is 0 Å². The Bertz CT molecular complexity index is 1760. The number of nitrogens with one attached hydrogen (secondary N) is 1. The SMILES string of the molecule is CCS(=O)(=O)Nc1cc(-c2cn(C)c3c(O)nccc23)cc2c1ccn2Cc1cc(Cl)cc(OCCO)c1. The van der Waals surface area contributed by atoms with Crippen LogP contribution in [0.25, 0.3) is 32.9 Å². The summed E-state index contributed by atoms with van der Waals surface area (Å²) in [5.41, 5.74) is 4.35. The Hall–Kier alpha value is -3.73. The van der Waals surface area contributed by atoms with Gasteiger partial charge in [-0.15, -0.1) is 0 Å². The van der Waals surface area contributed by atoms with Crippen LogP contribution in [0.3, 0.4) is 0 Å². The zero-order valence-electron chi connectivity index (χ0n) is 20.8. The summed E-state index contributed by atoms with van der Waals surface area (Å²) in [4.78, 5) is 3.99. The molecule has 3 aromatic heterocycles. The van der Waals surface area contributed by atoms with Gasteiger partial charge in [0.2, 0.25) is 15.9 Å². The lowest BCUT2D eigenvalue weighted by Crippen LogP contribution is -2.14. The number of sulfonamides is 1. The number of hydrogen-bond donors (Lipinski definition) is 3. The zero-order chi connectivity index (χ0) is 27.0. The van der Waals surface area contributed by atoms with Crippen LogP contribution < -0.4 is 9.46 Å². The van der Waals surface area contributed by atoms with E-state index in [-0.39, 0.29) is 24.8 Å². The number of aromatic nitrogens is 3. The number of aryl methyl sites for hydroxylation is 1. The minimum absolute atomic E-state index is 0.0631. The summed E-state index contributed by atoms with van der Waals surface area (Å²) in [6, 6.07) is 12.9. The maximum absolute atomic E-state index is 12.6. The van der Waals surface area contributed by atoms with Gasteiger partial charge in [0, 0.05) is 53.5 Å². The molecule has 11 heteroatoms. The molecular weight excluding hydrogens is 528 g/mol. The first-order chi connectivity index (χ1) is 18.2. The van der Waals surface area contributed by atoms with Crippen LogP contribution in [0.1, 0.15) is 12.5 Å². The second-order valence-corrected chi connectivity index (χ2v) is 11.4. The predicted molar refractivity (Wildman–Crippen MR) is 150 cm³/mol. The quantitative estimate of drug-likeness (QED) is 0.242. The third-order valence-corrected chi connectivity index (χ3v) is 7.87. The number of pyridine rings is 1. The molecule has 5 aromatic rings. The van der Waals surface area contributed by atoms with Gasteiger partial charge in [-0.05, 0) is 60.5 Å². The summed E-state index contributed by atoms with van der Waals surface area (Å²) in [5.74, 6) is 0.416. The van der Waals surface area contributed by atoms with E-state index in [1.54, 1.807) is 23.8 Å². The first kappa shape index (κ1) is 25.9. The van der Waals surface area contributed by atoms with Crippen molar-refractivity contribution in [3.05, 3.63) is 71.6 Å². The average Bonchev–Trinajstić information content (AvgIpc) is 3.44. The molecule has 0 saturated carbocycles. The summed E-state index contributed by atoms with van der Waals surface area (Å²) in [7, 11) is -1.72. The number of aliphatic hydroxyl groups is 1. The van der Waals surface area contributed by atoms with Crippen LogP contribution in [0.4, 0.5) is 5.69 Å². The minimum atomic E-state index is -3.55. The first-order valence-electron chi connectivity index (χ1n) is 12.0. The molecule has 2 aromatic carbocycles. The summed E-state index contributed by atoms with van der Waals surface area (Å²) in [5, 5.41) is 21.5. The number of rotatable bonds is 9. The maximum Gasteiger partial charge on any atom is 0.236 e. The van der Waals surface area contributed by atoms with Gasteiger partial charge in [0.05, 0.1) is 23.6 Å². The van der Waals surface area contributed by atoms with E-state index in [1.807, 2.05) is 60.4 Å². The summed E-state index contributed by atoms with van der Waals surface area (Å²) in [6.07, 6.45) is 5.32. The topological polar surface area (TPSA) is 119 Å². The van der Waals surface area contributed by atoms with Crippen molar-refractivity contribution >= 4 is 49.1 Å². The highest BCUT2D eigenvalue weighted by molar-refractivity contribution is 7.92. The van der Waals surface area contributed by atoms with Crippen molar-refractivity contribution in [2.24, 2.45) is 7.05 Å². The Morgan fingerprint density at radius 1 is 1.13 bits per heavy atom. The van der Waals surface area contributed by atoms with Crippen molar-refractivity contribution in [3.8, 4) is 22.8 Å². The van der Waals surface area contributed by atoms with Gasteiger partial charge < -0.3 is 24.1 Å². The fraction of sp³-hybridized carbons (Fsp3) is 0.222. The Morgan fingerprint density at radius 2 is 1.95 bits per heavy atom. The summed E-state index contributed by atoms with van der Waals surface area (Å²) >= 11 is 6.32. The standard InChI is InChI=1S/C27H27ClN4O5S/c1-3-38(35,36)30-24-12-18(23-16-31(2)26-21(23)4-6-29-27(26)34)13-25-22(24)5-7-32(25)15-17-10-19(28)14-20(11-17)37-9-8-33/h4-7,10-14,16,30,33H,3,8-9,15H2,1-2H3,(H,29,34). The third-order valence-electron chi connectivity index (χ3n) is 6.36.